The number of nitrogens with one attached hydrogen (secondary N) is 1. The predicted molar refractivity (Wildman–Crippen MR) is 128 cm³/mol. The van der Waals surface area contributed by atoms with Crippen LogP contribution in [-0.4, -0.2) is 75.3 Å². The van der Waals surface area contributed by atoms with Gasteiger partial charge >= 0.3 is 6.09 Å². The fourth-order valence-electron chi connectivity index (χ4n) is 5.07. The van der Waals surface area contributed by atoms with Crippen molar-refractivity contribution in [2.75, 3.05) is 27.3 Å². The molecular weight excluding hydrogens is 475 g/mol. The molecule has 3 atom stereocenters. The molecule has 0 radical (unpaired) electrons. The summed E-state index contributed by atoms with van der Waals surface area (Å²) in [4.78, 5) is 14.0. The number of halogens is 1. The molecule has 1 unspecified atom stereocenters. The summed E-state index contributed by atoms with van der Waals surface area (Å²) in [6.45, 7) is 2.09. The van der Waals surface area contributed by atoms with Gasteiger partial charge in [0.15, 0.2) is 0 Å². The summed E-state index contributed by atoms with van der Waals surface area (Å²) in [5.41, 5.74) is 1.000. The van der Waals surface area contributed by atoms with E-state index >= 15 is 0 Å². The van der Waals surface area contributed by atoms with Gasteiger partial charge in [-0.1, -0.05) is 12.1 Å². The number of hydrogen-bond donors (Lipinski definition) is 1. The van der Waals surface area contributed by atoms with Crippen LogP contribution in [0.3, 0.4) is 0 Å². The maximum atomic E-state index is 13.6. The fraction of sp³-hybridized carbons (Fsp3) is 0.667. The lowest BCUT2D eigenvalue weighted by molar-refractivity contribution is -0.00866. The second-order valence-electron chi connectivity index (χ2n) is 9.35. The molecule has 194 valence electrons. The van der Waals surface area contributed by atoms with Gasteiger partial charge in [-0.15, -0.1) is 0 Å². The smallest absolute Gasteiger partial charge is 0.410 e. The van der Waals surface area contributed by atoms with Crippen LogP contribution >= 0.6 is 0 Å². The van der Waals surface area contributed by atoms with Gasteiger partial charge in [-0.3, -0.25) is 4.90 Å². The van der Waals surface area contributed by atoms with Crippen LogP contribution in [0.15, 0.2) is 24.3 Å². The summed E-state index contributed by atoms with van der Waals surface area (Å²) in [5, 5.41) is 8.77. The molecule has 3 rings (SSSR count). The van der Waals surface area contributed by atoms with Crippen molar-refractivity contribution in [3.8, 4) is 6.07 Å². The Labute approximate surface area is 207 Å². The fourth-order valence-corrected chi connectivity index (χ4v) is 6.22. The Hall–Kier alpha value is -2.26. The van der Waals surface area contributed by atoms with E-state index in [4.69, 9.17) is 14.7 Å². The van der Waals surface area contributed by atoms with E-state index in [0.717, 1.165) is 35.6 Å². The van der Waals surface area contributed by atoms with E-state index in [1.54, 1.807) is 17.0 Å². The average Bonchev–Trinajstić information content (AvgIpc) is 3.14. The molecule has 1 heterocycles. The van der Waals surface area contributed by atoms with Crippen LogP contribution in [0.25, 0.3) is 0 Å². The second-order valence-corrected chi connectivity index (χ2v) is 11.2. The quantitative estimate of drug-likeness (QED) is 0.546. The third-order valence-corrected chi connectivity index (χ3v) is 8.63. The first-order valence-corrected chi connectivity index (χ1v) is 13.4. The number of carbonyl (C=O) groups excluding carboxylic acids is 1. The molecule has 1 saturated heterocycles. The van der Waals surface area contributed by atoms with Gasteiger partial charge in [0, 0.05) is 32.1 Å². The van der Waals surface area contributed by atoms with Crippen LogP contribution in [0.2, 0.25) is 0 Å². The molecule has 11 heteroatoms. The Morgan fingerprint density at radius 3 is 2.66 bits per heavy atom. The molecular formula is C24H35FN4O5S. The number of rotatable bonds is 9. The molecule has 0 spiro atoms. The first-order chi connectivity index (χ1) is 16.7. The minimum Gasteiger partial charge on any atom is -0.453 e. The Balaban J connectivity index is 1.63. The summed E-state index contributed by atoms with van der Waals surface area (Å²) in [7, 11) is -1.13. The third kappa shape index (κ3) is 6.91. The van der Waals surface area contributed by atoms with Gasteiger partial charge in [0.1, 0.15) is 5.82 Å². The van der Waals surface area contributed by atoms with Crippen LogP contribution < -0.4 is 4.72 Å². The van der Waals surface area contributed by atoms with Crippen molar-refractivity contribution in [3.63, 3.8) is 0 Å². The Bertz CT molecular complexity index is 1010. The van der Waals surface area contributed by atoms with Crippen molar-refractivity contribution < 1.29 is 27.1 Å². The SMILES string of the molecule is COC(=O)N1C(C)C[C@H](NS(=O)(=O)N(C)CCC#N)[C@@H]1COC1CCC(c2cccc(F)c2)CC1. The standard InChI is InChI=1S/C24H35FN4O5S/c1-17-14-22(27-35(31,32)28(2)13-5-12-26)23(29(17)24(30)33-3)16-34-21-10-8-18(9-11-21)19-6-4-7-20(25)15-19/h4,6-7,15,17-18,21-23,27H,5,8-11,13-14,16H2,1-3H3/t17?,18?,21?,22-,23-/m0/s1. The molecule has 1 aliphatic heterocycles. The number of methoxy groups -OCH3 is 1. The largest absolute Gasteiger partial charge is 0.453 e. The average molecular weight is 511 g/mol. The molecule has 1 aliphatic carbocycles. The van der Waals surface area contributed by atoms with Crippen LogP contribution in [0, 0.1) is 17.1 Å². The highest BCUT2D eigenvalue weighted by Gasteiger charge is 2.45. The van der Waals surface area contributed by atoms with E-state index in [-0.39, 0.29) is 43.5 Å². The van der Waals surface area contributed by atoms with Crippen LogP contribution in [0.5, 0.6) is 0 Å². The predicted octanol–water partition coefficient (Wildman–Crippen LogP) is 3.15. The zero-order chi connectivity index (χ0) is 25.6. The molecule has 35 heavy (non-hydrogen) atoms. The van der Waals surface area contributed by atoms with Crippen LogP contribution in [-0.2, 0) is 19.7 Å². The van der Waals surface area contributed by atoms with Crippen molar-refractivity contribution in [2.24, 2.45) is 0 Å². The zero-order valence-corrected chi connectivity index (χ0v) is 21.3. The summed E-state index contributed by atoms with van der Waals surface area (Å²) < 4.78 is 54.1. The Morgan fingerprint density at radius 2 is 2.03 bits per heavy atom. The molecule has 2 fully saturated rings. The molecule has 1 aromatic rings. The minimum absolute atomic E-state index is 0.0224. The van der Waals surface area contributed by atoms with Gasteiger partial charge in [0.05, 0.1) is 31.9 Å². The van der Waals surface area contributed by atoms with E-state index in [2.05, 4.69) is 4.72 Å². The van der Waals surface area contributed by atoms with Gasteiger partial charge in [-0.05, 0) is 62.6 Å². The molecule has 1 saturated carbocycles. The van der Waals surface area contributed by atoms with Crippen molar-refractivity contribution in [2.45, 2.75) is 75.6 Å². The van der Waals surface area contributed by atoms with E-state index in [9.17, 15) is 17.6 Å². The number of nitriles is 1. The minimum atomic E-state index is -3.85. The molecule has 0 bridgehead atoms. The molecule has 0 aromatic heterocycles. The normalized spacial score (nSPS) is 27.1. The second kappa shape index (κ2) is 12.1. The number of benzene rings is 1. The summed E-state index contributed by atoms with van der Waals surface area (Å²) in [6.07, 6.45) is 3.29. The first kappa shape index (κ1) is 27.3. The third-order valence-electron chi connectivity index (χ3n) is 7.02. The number of amides is 1. The van der Waals surface area contributed by atoms with Crippen molar-refractivity contribution in [1.29, 1.82) is 5.26 Å². The van der Waals surface area contributed by atoms with Crippen molar-refractivity contribution in [3.05, 3.63) is 35.6 Å². The molecule has 9 nitrogen and oxygen atoms in total. The lowest BCUT2D eigenvalue weighted by Gasteiger charge is -2.33. The highest BCUT2D eigenvalue weighted by Crippen LogP contribution is 2.35. The Morgan fingerprint density at radius 1 is 1.31 bits per heavy atom. The molecule has 2 aliphatic rings. The van der Waals surface area contributed by atoms with E-state index in [1.165, 1.54) is 20.2 Å². The molecule has 1 N–H and O–H groups in total. The summed E-state index contributed by atoms with van der Waals surface area (Å²) >= 11 is 0. The maximum absolute atomic E-state index is 13.6. The highest BCUT2D eigenvalue weighted by molar-refractivity contribution is 7.87. The van der Waals surface area contributed by atoms with E-state index in [0.29, 0.717) is 6.42 Å². The van der Waals surface area contributed by atoms with Crippen molar-refractivity contribution in [1.82, 2.24) is 13.9 Å². The molecule has 1 amide bonds. The van der Waals surface area contributed by atoms with E-state index < -0.39 is 28.4 Å². The number of carbonyl (C=O) groups is 1. The first-order valence-electron chi connectivity index (χ1n) is 12.0. The Kier molecular flexibility index (Phi) is 9.47. The summed E-state index contributed by atoms with van der Waals surface area (Å²) in [6, 6.07) is 7.33. The lowest BCUT2D eigenvalue weighted by Crippen LogP contribution is -2.52. The van der Waals surface area contributed by atoms with E-state index in [1.807, 2.05) is 19.1 Å². The lowest BCUT2D eigenvalue weighted by atomic mass is 9.82. The van der Waals surface area contributed by atoms with Gasteiger partial charge in [-0.2, -0.15) is 22.7 Å². The highest BCUT2D eigenvalue weighted by atomic mass is 32.2. The van der Waals surface area contributed by atoms with Crippen LogP contribution in [0.1, 0.15) is 56.9 Å². The van der Waals surface area contributed by atoms with Crippen molar-refractivity contribution >= 4 is 16.3 Å². The van der Waals surface area contributed by atoms with Gasteiger partial charge < -0.3 is 9.47 Å². The molecule has 1 aromatic carbocycles. The number of hydrogen-bond acceptors (Lipinski definition) is 6. The van der Waals surface area contributed by atoms with Gasteiger partial charge in [0.2, 0.25) is 0 Å². The van der Waals surface area contributed by atoms with Gasteiger partial charge in [-0.25, -0.2) is 9.18 Å². The topological polar surface area (TPSA) is 112 Å². The number of nitrogens with zero attached hydrogens (tertiary/aromatic N) is 3. The summed E-state index contributed by atoms with van der Waals surface area (Å²) in [5.74, 6) is 0.0537. The maximum Gasteiger partial charge on any atom is 0.410 e. The number of likely N-dealkylation sites (tertiary alicyclic amines) is 1. The zero-order valence-electron chi connectivity index (χ0n) is 20.5. The monoisotopic (exact) mass is 510 g/mol. The number of ether oxygens (including phenoxy) is 2. The van der Waals surface area contributed by atoms with Crippen LogP contribution in [0.4, 0.5) is 9.18 Å². The van der Waals surface area contributed by atoms with Gasteiger partial charge in [0.25, 0.3) is 10.2 Å².